The predicted molar refractivity (Wildman–Crippen MR) is 67.3 cm³/mol. The Morgan fingerprint density at radius 3 is 2.56 bits per heavy atom. The molecule has 1 atom stereocenters. The van der Waals surface area contributed by atoms with Crippen molar-refractivity contribution in [2.24, 2.45) is 11.8 Å². The van der Waals surface area contributed by atoms with Crippen LogP contribution in [-0.2, 0) is 4.79 Å². The van der Waals surface area contributed by atoms with Crippen LogP contribution in [0.15, 0.2) is 0 Å². The second kappa shape index (κ2) is 7.66. The van der Waals surface area contributed by atoms with Crippen LogP contribution < -0.4 is 10.6 Å². The Kier molecular flexibility index (Phi) is 6.46. The van der Waals surface area contributed by atoms with Crippen molar-refractivity contribution < 1.29 is 4.79 Å². The molecule has 1 saturated heterocycles. The second-order valence-corrected chi connectivity index (χ2v) is 4.88. The largest absolute Gasteiger partial charge is 0.356 e. The lowest BCUT2D eigenvalue weighted by Crippen LogP contribution is -2.35. The van der Waals surface area contributed by atoms with Crippen LogP contribution in [-0.4, -0.2) is 25.5 Å². The van der Waals surface area contributed by atoms with E-state index in [1.54, 1.807) is 0 Å². The van der Waals surface area contributed by atoms with E-state index in [0.29, 0.717) is 5.92 Å². The number of amides is 1. The molecule has 0 aliphatic carbocycles. The van der Waals surface area contributed by atoms with Crippen molar-refractivity contribution in [2.75, 3.05) is 19.6 Å². The highest BCUT2D eigenvalue weighted by molar-refractivity contribution is 5.78. The van der Waals surface area contributed by atoms with Crippen LogP contribution >= 0.6 is 0 Å². The lowest BCUT2D eigenvalue weighted by atomic mass is 9.97. The van der Waals surface area contributed by atoms with Crippen molar-refractivity contribution in [1.29, 1.82) is 0 Å². The van der Waals surface area contributed by atoms with E-state index in [-0.39, 0.29) is 11.8 Å². The first-order chi connectivity index (χ1) is 7.77. The molecular weight excluding hydrogens is 200 g/mol. The van der Waals surface area contributed by atoms with Gasteiger partial charge in [-0.2, -0.15) is 0 Å². The van der Waals surface area contributed by atoms with E-state index >= 15 is 0 Å². The second-order valence-electron chi connectivity index (χ2n) is 4.88. The van der Waals surface area contributed by atoms with Crippen LogP contribution in [0.3, 0.4) is 0 Å². The third kappa shape index (κ3) is 4.52. The lowest BCUT2D eigenvalue weighted by Gasteiger charge is -2.17. The molecule has 94 valence electrons. The fourth-order valence-electron chi connectivity index (χ4n) is 2.38. The van der Waals surface area contributed by atoms with Gasteiger partial charge in [0, 0.05) is 12.5 Å². The molecule has 0 spiro atoms. The molecule has 1 aliphatic rings. The first-order valence-corrected chi connectivity index (χ1v) is 6.76. The molecule has 0 aromatic carbocycles. The Hall–Kier alpha value is -0.570. The molecule has 0 aromatic heterocycles. The van der Waals surface area contributed by atoms with Gasteiger partial charge in [-0.3, -0.25) is 4.79 Å². The molecular formula is C13H26N2O. The van der Waals surface area contributed by atoms with E-state index < -0.39 is 0 Å². The summed E-state index contributed by atoms with van der Waals surface area (Å²) in [5.41, 5.74) is 0. The molecule has 0 radical (unpaired) electrons. The monoisotopic (exact) mass is 226 g/mol. The zero-order valence-electron chi connectivity index (χ0n) is 10.7. The van der Waals surface area contributed by atoms with E-state index in [1.165, 1.54) is 6.42 Å². The van der Waals surface area contributed by atoms with Crippen LogP contribution in [0.1, 0.15) is 46.0 Å². The van der Waals surface area contributed by atoms with Gasteiger partial charge in [0.15, 0.2) is 0 Å². The van der Waals surface area contributed by atoms with Crippen molar-refractivity contribution in [3.05, 3.63) is 0 Å². The Bertz CT molecular complexity index is 194. The summed E-state index contributed by atoms with van der Waals surface area (Å²) in [5.74, 6) is 1.16. The molecule has 3 heteroatoms. The molecule has 1 aliphatic heterocycles. The van der Waals surface area contributed by atoms with Gasteiger partial charge in [0.25, 0.3) is 0 Å². The van der Waals surface area contributed by atoms with Gasteiger partial charge < -0.3 is 10.6 Å². The van der Waals surface area contributed by atoms with Gasteiger partial charge >= 0.3 is 0 Å². The van der Waals surface area contributed by atoms with E-state index in [9.17, 15) is 4.79 Å². The summed E-state index contributed by atoms with van der Waals surface area (Å²) >= 11 is 0. The first kappa shape index (κ1) is 13.5. The van der Waals surface area contributed by atoms with Crippen molar-refractivity contribution in [1.82, 2.24) is 10.6 Å². The van der Waals surface area contributed by atoms with Gasteiger partial charge in [-0.1, -0.05) is 26.7 Å². The Labute approximate surface area is 99.4 Å². The minimum Gasteiger partial charge on any atom is -0.356 e. The molecule has 1 fully saturated rings. The number of carbonyl (C=O) groups excluding carboxylic acids is 1. The first-order valence-electron chi connectivity index (χ1n) is 6.76. The summed E-state index contributed by atoms with van der Waals surface area (Å²) in [7, 11) is 0. The Morgan fingerprint density at radius 1 is 1.38 bits per heavy atom. The number of hydrogen-bond acceptors (Lipinski definition) is 2. The fourth-order valence-corrected chi connectivity index (χ4v) is 2.38. The fraction of sp³-hybridized carbons (Fsp3) is 0.923. The maximum Gasteiger partial charge on any atom is 0.223 e. The molecule has 3 nitrogen and oxygen atoms in total. The van der Waals surface area contributed by atoms with E-state index in [0.717, 1.165) is 45.3 Å². The van der Waals surface area contributed by atoms with Gasteiger partial charge in [0.2, 0.25) is 5.91 Å². The molecule has 1 heterocycles. The minimum atomic E-state index is 0.240. The quantitative estimate of drug-likeness (QED) is 0.696. The topological polar surface area (TPSA) is 41.1 Å². The number of hydrogen-bond donors (Lipinski definition) is 2. The maximum absolute atomic E-state index is 11.9. The van der Waals surface area contributed by atoms with Crippen LogP contribution in [0.4, 0.5) is 0 Å². The van der Waals surface area contributed by atoms with Gasteiger partial charge in [-0.05, 0) is 38.3 Å². The van der Waals surface area contributed by atoms with Crippen LogP contribution in [0.5, 0.6) is 0 Å². The molecule has 1 rings (SSSR count). The SMILES string of the molecule is CCCC(CCC)C(=O)NCC1CCNC1. The average molecular weight is 226 g/mol. The van der Waals surface area contributed by atoms with Crippen LogP contribution in [0.2, 0.25) is 0 Å². The van der Waals surface area contributed by atoms with Crippen molar-refractivity contribution >= 4 is 5.91 Å². The third-order valence-electron chi connectivity index (χ3n) is 3.37. The molecule has 1 amide bonds. The molecule has 1 unspecified atom stereocenters. The summed E-state index contributed by atoms with van der Waals surface area (Å²) in [6, 6.07) is 0. The minimum absolute atomic E-state index is 0.240. The average Bonchev–Trinajstić information content (AvgIpc) is 2.78. The van der Waals surface area contributed by atoms with E-state index in [2.05, 4.69) is 24.5 Å². The smallest absolute Gasteiger partial charge is 0.223 e. The van der Waals surface area contributed by atoms with Crippen molar-refractivity contribution in [2.45, 2.75) is 46.0 Å². The predicted octanol–water partition coefficient (Wildman–Crippen LogP) is 1.93. The third-order valence-corrected chi connectivity index (χ3v) is 3.37. The van der Waals surface area contributed by atoms with E-state index in [1.807, 2.05) is 0 Å². The van der Waals surface area contributed by atoms with Crippen molar-refractivity contribution in [3.63, 3.8) is 0 Å². The molecule has 0 aromatic rings. The Morgan fingerprint density at radius 2 is 2.06 bits per heavy atom. The normalized spacial score (nSPS) is 20.3. The highest BCUT2D eigenvalue weighted by atomic mass is 16.1. The maximum atomic E-state index is 11.9. The van der Waals surface area contributed by atoms with Gasteiger partial charge in [-0.15, -0.1) is 0 Å². The Balaban J connectivity index is 2.24. The summed E-state index contributed by atoms with van der Waals surface area (Å²) in [5, 5.41) is 6.44. The van der Waals surface area contributed by atoms with E-state index in [4.69, 9.17) is 0 Å². The summed E-state index contributed by atoms with van der Waals surface area (Å²) in [6.07, 6.45) is 5.46. The summed E-state index contributed by atoms with van der Waals surface area (Å²) < 4.78 is 0. The van der Waals surface area contributed by atoms with Gasteiger partial charge in [0.05, 0.1) is 0 Å². The molecule has 16 heavy (non-hydrogen) atoms. The van der Waals surface area contributed by atoms with Crippen molar-refractivity contribution in [3.8, 4) is 0 Å². The van der Waals surface area contributed by atoms with Crippen LogP contribution in [0, 0.1) is 11.8 Å². The van der Waals surface area contributed by atoms with Crippen LogP contribution in [0.25, 0.3) is 0 Å². The highest BCUT2D eigenvalue weighted by Crippen LogP contribution is 2.14. The number of nitrogens with one attached hydrogen (secondary N) is 2. The molecule has 2 N–H and O–H groups in total. The summed E-state index contributed by atoms with van der Waals surface area (Å²) in [6.45, 7) is 7.32. The van der Waals surface area contributed by atoms with Gasteiger partial charge in [-0.25, -0.2) is 0 Å². The lowest BCUT2D eigenvalue weighted by molar-refractivity contribution is -0.125. The summed E-state index contributed by atoms with van der Waals surface area (Å²) in [4.78, 5) is 11.9. The zero-order chi connectivity index (χ0) is 11.8. The number of carbonyl (C=O) groups is 1. The van der Waals surface area contributed by atoms with Gasteiger partial charge in [0.1, 0.15) is 0 Å². The molecule has 0 bridgehead atoms. The standard InChI is InChI=1S/C13H26N2O/c1-3-5-12(6-4-2)13(16)15-10-11-7-8-14-9-11/h11-12,14H,3-10H2,1-2H3,(H,15,16). The molecule has 0 saturated carbocycles. The zero-order valence-corrected chi connectivity index (χ0v) is 10.7. The number of rotatable bonds is 7. The highest BCUT2D eigenvalue weighted by Gasteiger charge is 2.19.